The number of imide groups is 1. The molecule has 0 saturated carbocycles. The molecule has 7 nitrogen and oxygen atoms in total. The van der Waals surface area contributed by atoms with Gasteiger partial charge in [0.15, 0.2) is 0 Å². The monoisotopic (exact) mass is 418 g/mol. The number of benzene rings is 2. The number of rotatable bonds is 4. The molecule has 2 amide bonds. The summed E-state index contributed by atoms with van der Waals surface area (Å²) >= 11 is 0. The van der Waals surface area contributed by atoms with Gasteiger partial charge in [-0.05, 0) is 61.5 Å². The van der Waals surface area contributed by atoms with Gasteiger partial charge in [0, 0.05) is 19.4 Å². The third-order valence-electron chi connectivity index (χ3n) is 6.45. The summed E-state index contributed by atoms with van der Waals surface area (Å²) in [4.78, 5) is 40.8. The average molecular weight is 418 g/mol. The van der Waals surface area contributed by atoms with Crippen LogP contribution in [0.3, 0.4) is 0 Å². The Balaban J connectivity index is 1.33. The van der Waals surface area contributed by atoms with E-state index in [1.807, 2.05) is 24.3 Å². The number of H-pyrrole nitrogens is 1. The molecule has 2 aliphatic rings. The van der Waals surface area contributed by atoms with Crippen LogP contribution >= 0.6 is 0 Å². The summed E-state index contributed by atoms with van der Waals surface area (Å²) in [7, 11) is 0. The lowest BCUT2D eigenvalue weighted by Crippen LogP contribution is -2.52. The lowest BCUT2D eigenvalue weighted by atomic mass is 9.89. The van der Waals surface area contributed by atoms with E-state index in [0.717, 1.165) is 42.3 Å². The molecule has 1 aromatic heterocycles. The number of hydrogen-bond acceptors (Lipinski definition) is 4. The van der Waals surface area contributed by atoms with Gasteiger partial charge in [0.25, 0.3) is 5.56 Å². The van der Waals surface area contributed by atoms with Gasteiger partial charge in [0.05, 0.1) is 10.9 Å². The minimum absolute atomic E-state index is 0.278. The van der Waals surface area contributed by atoms with Gasteiger partial charge in [-0.15, -0.1) is 4.79 Å². The Hall–Kier alpha value is -3.19. The molecule has 0 aliphatic carbocycles. The first-order chi connectivity index (χ1) is 15.1. The van der Waals surface area contributed by atoms with E-state index in [4.69, 9.17) is 0 Å². The Morgan fingerprint density at radius 2 is 1.61 bits per heavy atom. The summed E-state index contributed by atoms with van der Waals surface area (Å²) in [6, 6.07) is 16.4. The van der Waals surface area contributed by atoms with E-state index in [2.05, 4.69) is 34.3 Å². The molecule has 1 N–H and O–H groups in total. The molecule has 3 aromatic rings. The van der Waals surface area contributed by atoms with E-state index in [-0.39, 0.29) is 30.2 Å². The van der Waals surface area contributed by atoms with E-state index in [1.54, 1.807) is 0 Å². The molecule has 5 rings (SSSR count). The molecule has 2 aliphatic heterocycles. The first kappa shape index (κ1) is 19.8. The highest BCUT2D eigenvalue weighted by molar-refractivity contribution is 6.10. The SMILES string of the molecule is O=C1CCCC(=O)N1n1[nH]c2cc(C3CCN(Cc4ccccc4)CC3)ccc2c1=O. The van der Waals surface area contributed by atoms with E-state index in [9.17, 15) is 14.4 Å². The van der Waals surface area contributed by atoms with Gasteiger partial charge in [0.2, 0.25) is 11.8 Å². The van der Waals surface area contributed by atoms with Crippen molar-refractivity contribution in [1.82, 2.24) is 14.8 Å². The van der Waals surface area contributed by atoms with Gasteiger partial charge in [0.1, 0.15) is 0 Å². The molecule has 0 bridgehead atoms. The molecule has 160 valence electrons. The fourth-order valence-corrected chi connectivity index (χ4v) is 4.75. The van der Waals surface area contributed by atoms with Crippen LogP contribution in [0.1, 0.15) is 49.1 Å². The zero-order valence-electron chi connectivity index (χ0n) is 17.4. The number of aromatic nitrogens is 2. The van der Waals surface area contributed by atoms with Crippen molar-refractivity contribution in [3.63, 3.8) is 0 Å². The van der Waals surface area contributed by atoms with Gasteiger partial charge in [-0.3, -0.25) is 24.4 Å². The molecular weight excluding hydrogens is 392 g/mol. The third-order valence-corrected chi connectivity index (χ3v) is 6.45. The Bertz CT molecular complexity index is 1160. The summed E-state index contributed by atoms with van der Waals surface area (Å²) in [5.74, 6) is -0.242. The molecule has 7 heteroatoms. The van der Waals surface area contributed by atoms with Crippen LogP contribution in [0.25, 0.3) is 10.9 Å². The zero-order valence-corrected chi connectivity index (χ0v) is 17.4. The van der Waals surface area contributed by atoms with E-state index in [1.165, 1.54) is 11.1 Å². The minimum atomic E-state index is -0.358. The minimum Gasteiger partial charge on any atom is -0.299 e. The summed E-state index contributed by atoms with van der Waals surface area (Å²) in [5.41, 5.74) is 2.84. The predicted molar refractivity (Wildman–Crippen MR) is 118 cm³/mol. The highest BCUT2D eigenvalue weighted by atomic mass is 16.2. The van der Waals surface area contributed by atoms with Crippen molar-refractivity contribution >= 4 is 22.7 Å². The van der Waals surface area contributed by atoms with Crippen molar-refractivity contribution in [2.75, 3.05) is 18.1 Å². The number of likely N-dealkylation sites (tertiary alicyclic amines) is 1. The number of nitrogens with zero attached hydrogens (tertiary/aromatic N) is 3. The number of piperidine rings is 2. The lowest BCUT2D eigenvalue weighted by molar-refractivity contribution is -0.131. The van der Waals surface area contributed by atoms with Gasteiger partial charge >= 0.3 is 0 Å². The lowest BCUT2D eigenvalue weighted by Gasteiger charge is -2.32. The van der Waals surface area contributed by atoms with E-state index >= 15 is 0 Å². The fraction of sp³-hybridized carbons (Fsp3) is 0.375. The molecule has 0 radical (unpaired) electrons. The van der Waals surface area contributed by atoms with Crippen molar-refractivity contribution in [3.8, 4) is 0 Å². The Morgan fingerprint density at radius 1 is 0.903 bits per heavy atom. The molecule has 3 heterocycles. The van der Waals surface area contributed by atoms with Crippen LogP contribution in [0.2, 0.25) is 0 Å². The van der Waals surface area contributed by atoms with Crippen molar-refractivity contribution in [2.45, 2.75) is 44.6 Å². The summed E-state index contributed by atoms with van der Waals surface area (Å²) in [6.07, 6.45) is 3.22. The van der Waals surface area contributed by atoms with E-state index in [0.29, 0.717) is 23.2 Å². The highest BCUT2D eigenvalue weighted by Gasteiger charge is 2.30. The van der Waals surface area contributed by atoms with Crippen molar-refractivity contribution in [2.24, 2.45) is 0 Å². The second-order valence-corrected chi connectivity index (χ2v) is 8.52. The quantitative estimate of drug-likeness (QED) is 0.661. The number of hydrogen-bond donors (Lipinski definition) is 1. The Morgan fingerprint density at radius 3 is 2.32 bits per heavy atom. The van der Waals surface area contributed by atoms with Crippen LogP contribution in [-0.2, 0) is 16.1 Å². The fourth-order valence-electron chi connectivity index (χ4n) is 4.75. The van der Waals surface area contributed by atoms with Crippen molar-refractivity contribution in [1.29, 1.82) is 0 Å². The average Bonchev–Trinajstić information content (AvgIpc) is 3.10. The van der Waals surface area contributed by atoms with Crippen molar-refractivity contribution < 1.29 is 9.59 Å². The third kappa shape index (κ3) is 3.81. The van der Waals surface area contributed by atoms with Gasteiger partial charge in [-0.2, -0.15) is 5.01 Å². The number of aromatic amines is 1. The normalized spacial score (nSPS) is 18.8. The topological polar surface area (TPSA) is 78.4 Å². The first-order valence-corrected chi connectivity index (χ1v) is 11.0. The molecule has 2 fully saturated rings. The molecule has 2 aromatic carbocycles. The van der Waals surface area contributed by atoms with Crippen LogP contribution in [0.15, 0.2) is 53.3 Å². The second kappa shape index (κ2) is 8.15. The maximum Gasteiger partial charge on any atom is 0.294 e. The zero-order chi connectivity index (χ0) is 21.4. The first-order valence-electron chi connectivity index (χ1n) is 11.0. The van der Waals surface area contributed by atoms with E-state index < -0.39 is 0 Å². The van der Waals surface area contributed by atoms with Crippen LogP contribution < -0.4 is 10.6 Å². The number of carbonyl (C=O) groups excluding carboxylic acids is 2. The number of amides is 2. The van der Waals surface area contributed by atoms with Gasteiger partial charge in [-0.1, -0.05) is 36.4 Å². The molecule has 0 unspecified atom stereocenters. The Labute approximate surface area is 180 Å². The maximum absolute atomic E-state index is 12.8. The van der Waals surface area contributed by atoms with Gasteiger partial charge < -0.3 is 0 Å². The summed E-state index contributed by atoms with van der Waals surface area (Å²) in [5, 5.41) is 4.46. The van der Waals surface area contributed by atoms with Crippen molar-refractivity contribution in [3.05, 3.63) is 70.0 Å². The van der Waals surface area contributed by atoms with Crippen LogP contribution in [0.5, 0.6) is 0 Å². The smallest absolute Gasteiger partial charge is 0.294 e. The number of fused-ring (bicyclic) bond motifs is 1. The van der Waals surface area contributed by atoms with Crippen LogP contribution in [0.4, 0.5) is 0 Å². The number of carbonyl (C=O) groups is 2. The standard InChI is InChI=1S/C24H26N4O3/c29-22-7-4-8-23(30)27(22)28-24(31)20-10-9-19(15-21(20)25-28)18-11-13-26(14-12-18)16-17-5-2-1-3-6-17/h1-3,5-6,9-10,15,18,25H,4,7-8,11-14,16H2. The second-order valence-electron chi connectivity index (χ2n) is 8.52. The Kier molecular flexibility index (Phi) is 5.19. The maximum atomic E-state index is 12.8. The summed E-state index contributed by atoms with van der Waals surface area (Å²) in [6.45, 7) is 3.04. The number of nitrogens with one attached hydrogen (secondary N) is 1. The molecule has 0 atom stereocenters. The predicted octanol–water partition coefficient (Wildman–Crippen LogP) is 2.88. The molecule has 2 saturated heterocycles. The van der Waals surface area contributed by atoms with Crippen LogP contribution in [-0.4, -0.2) is 39.7 Å². The molecule has 0 spiro atoms. The van der Waals surface area contributed by atoms with Crippen LogP contribution in [0, 0.1) is 0 Å². The largest absolute Gasteiger partial charge is 0.299 e. The van der Waals surface area contributed by atoms with Gasteiger partial charge in [-0.25, -0.2) is 0 Å². The molecular formula is C24H26N4O3. The molecule has 31 heavy (non-hydrogen) atoms. The highest BCUT2D eigenvalue weighted by Crippen LogP contribution is 2.30. The summed E-state index contributed by atoms with van der Waals surface area (Å²) < 4.78 is 0.